The van der Waals surface area contributed by atoms with E-state index in [0.29, 0.717) is 6.29 Å². The third-order valence-corrected chi connectivity index (χ3v) is 3.36. The monoisotopic (exact) mass is 314 g/mol. The maximum Gasteiger partial charge on any atom is 0.175 e. The molecular weight excluding hydrogens is 306 g/mol. The lowest BCUT2D eigenvalue weighted by molar-refractivity contribution is 0.111. The van der Waals surface area contributed by atoms with Gasteiger partial charge < -0.3 is 10.5 Å². The number of hydrogen-bond acceptors (Lipinski definition) is 4. The second kappa shape index (κ2) is 5.64. The lowest BCUT2D eigenvalue weighted by Gasteiger charge is -2.10. The molecule has 0 unspecified atom stereocenters. The van der Waals surface area contributed by atoms with Gasteiger partial charge in [0.1, 0.15) is 5.69 Å². The molecule has 104 valence electrons. The highest BCUT2D eigenvalue weighted by atomic mass is 35.5. The van der Waals surface area contributed by atoms with Crippen molar-refractivity contribution in [1.82, 2.24) is 4.98 Å². The highest BCUT2D eigenvalue weighted by molar-refractivity contribution is 6.35. The van der Waals surface area contributed by atoms with E-state index >= 15 is 0 Å². The molecule has 0 saturated heterocycles. The Morgan fingerprint density at radius 3 is 2.70 bits per heavy atom. The van der Waals surface area contributed by atoms with Gasteiger partial charge in [0.25, 0.3) is 0 Å². The summed E-state index contributed by atoms with van der Waals surface area (Å²) in [5.74, 6) is -0.793. The number of nitrogens with two attached hydrogens (primary N) is 1. The number of hydrogen-bond donors (Lipinski definition) is 1. The fraction of sp³-hybridized carbons (Fsp3) is 0.0769. The quantitative estimate of drug-likeness (QED) is 0.879. The van der Waals surface area contributed by atoms with Crippen molar-refractivity contribution in [1.29, 1.82) is 0 Å². The van der Waals surface area contributed by atoms with Crippen LogP contribution in [0.2, 0.25) is 10.0 Å². The molecule has 0 amide bonds. The van der Waals surface area contributed by atoms with Crippen molar-refractivity contribution in [2.24, 2.45) is 0 Å². The molecule has 0 radical (unpaired) electrons. The van der Waals surface area contributed by atoms with Gasteiger partial charge in [0, 0.05) is 5.56 Å². The lowest BCUT2D eigenvalue weighted by Crippen LogP contribution is -2.00. The normalized spacial score (nSPS) is 10.4. The number of benzene rings is 1. The molecule has 20 heavy (non-hydrogen) atoms. The highest BCUT2D eigenvalue weighted by Crippen LogP contribution is 2.35. The van der Waals surface area contributed by atoms with Crippen LogP contribution in [0.4, 0.5) is 10.1 Å². The van der Waals surface area contributed by atoms with Crippen LogP contribution in [0.3, 0.4) is 0 Å². The van der Waals surface area contributed by atoms with Crippen LogP contribution in [0.25, 0.3) is 11.3 Å². The summed E-state index contributed by atoms with van der Waals surface area (Å²) >= 11 is 11.6. The Morgan fingerprint density at radius 1 is 1.40 bits per heavy atom. The molecule has 0 fully saturated rings. The minimum absolute atomic E-state index is 0.0325. The third kappa shape index (κ3) is 2.42. The number of pyridine rings is 1. The summed E-state index contributed by atoms with van der Waals surface area (Å²) < 4.78 is 19.2. The predicted octanol–water partition coefficient (Wildman–Crippen LogP) is 3.60. The largest absolute Gasteiger partial charge is 0.492 e. The molecule has 0 spiro atoms. The van der Waals surface area contributed by atoms with Gasteiger partial charge in [-0.05, 0) is 18.2 Å². The molecule has 1 heterocycles. The van der Waals surface area contributed by atoms with E-state index in [1.54, 1.807) is 0 Å². The molecule has 2 N–H and O–H groups in total. The Kier molecular flexibility index (Phi) is 4.11. The number of aldehydes is 1. The molecule has 0 aliphatic rings. The van der Waals surface area contributed by atoms with Gasteiger partial charge in [-0.25, -0.2) is 9.37 Å². The summed E-state index contributed by atoms with van der Waals surface area (Å²) in [6.45, 7) is 0. The molecule has 0 saturated carbocycles. The zero-order valence-corrected chi connectivity index (χ0v) is 11.8. The number of carbonyl (C=O) groups is 1. The summed E-state index contributed by atoms with van der Waals surface area (Å²) in [6, 6.07) is 4.26. The summed E-state index contributed by atoms with van der Waals surface area (Å²) in [5, 5.41) is 0.163. The van der Waals surface area contributed by atoms with E-state index < -0.39 is 5.82 Å². The average molecular weight is 315 g/mol. The number of carbonyl (C=O) groups excluding carboxylic acids is 1. The van der Waals surface area contributed by atoms with Crippen molar-refractivity contribution in [3.05, 3.63) is 39.8 Å². The van der Waals surface area contributed by atoms with Crippen molar-refractivity contribution in [2.75, 3.05) is 12.8 Å². The molecule has 0 aliphatic carbocycles. The van der Waals surface area contributed by atoms with Crippen LogP contribution in [0.1, 0.15) is 10.5 Å². The summed E-state index contributed by atoms with van der Waals surface area (Å²) in [6.07, 6.45) is 0.452. The van der Waals surface area contributed by atoms with Gasteiger partial charge in [-0.1, -0.05) is 23.2 Å². The van der Waals surface area contributed by atoms with Crippen LogP contribution < -0.4 is 10.5 Å². The van der Waals surface area contributed by atoms with E-state index in [-0.39, 0.29) is 38.4 Å². The molecule has 2 aromatic rings. The molecule has 2 rings (SSSR count). The Hall–Kier alpha value is -1.85. The minimum atomic E-state index is -0.689. The topological polar surface area (TPSA) is 65.2 Å². The van der Waals surface area contributed by atoms with E-state index in [4.69, 9.17) is 33.7 Å². The molecular formula is C13H9Cl2FN2O2. The van der Waals surface area contributed by atoms with Crippen molar-refractivity contribution < 1.29 is 13.9 Å². The van der Waals surface area contributed by atoms with Gasteiger partial charge in [0.15, 0.2) is 17.9 Å². The van der Waals surface area contributed by atoms with Gasteiger partial charge >= 0.3 is 0 Å². The van der Waals surface area contributed by atoms with Crippen LogP contribution in [-0.4, -0.2) is 18.4 Å². The number of nitrogen functional groups attached to an aromatic ring is 1. The van der Waals surface area contributed by atoms with Crippen LogP contribution in [0.15, 0.2) is 18.2 Å². The Bertz CT molecular complexity index is 693. The fourth-order valence-corrected chi connectivity index (χ4v) is 2.07. The van der Waals surface area contributed by atoms with Crippen LogP contribution in [0.5, 0.6) is 5.75 Å². The van der Waals surface area contributed by atoms with Crippen molar-refractivity contribution in [3.8, 4) is 17.0 Å². The summed E-state index contributed by atoms with van der Waals surface area (Å²) in [5.41, 5.74) is 6.02. The molecule has 0 bridgehead atoms. The van der Waals surface area contributed by atoms with Gasteiger partial charge in [-0.3, -0.25) is 4.79 Å². The SMILES string of the molecule is COc1c(Cl)ccc(-c2cc(N)c(Cl)c(C=O)n2)c1F. The predicted molar refractivity (Wildman–Crippen MR) is 76.0 cm³/mol. The molecule has 1 aromatic carbocycles. The first kappa shape index (κ1) is 14.6. The first-order valence-corrected chi connectivity index (χ1v) is 6.18. The summed E-state index contributed by atoms with van der Waals surface area (Å²) in [4.78, 5) is 14.9. The number of nitrogens with zero attached hydrogens (tertiary/aromatic N) is 1. The average Bonchev–Trinajstić information content (AvgIpc) is 2.42. The maximum absolute atomic E-state index is 14.3. The zero-order chi connectivity index (χ0) is 14.9. The maximum atomic E-state index is 14.3. The Labute approximate surface area is 124 Å². The van der Waals surface area contributed by atoms with Crippen molar-refractivity contribution in [2.45, 2.75) is 0 Å². The van der Waals surface area contributed by atoms with Gasteiger partial charge in [0.05, 0.1) is 28.5 Å². The van der Waals surface area contributed by atoms with Crippen molar-refractivity contribution in [3.63, 3.8) is 0 Å². The first-order valence-electron chi connectivity index (χ1n) is 5.43. The second-order valence-corrected chi connectivity index (χ2v) is 4.64. The van der Waals surface area contributed by atoms with E-state index in [9.17, 15) is 9.18 Å². The van der Waals surface area contributed by atoms with Gasteiger partial charge in [-0.2, -0.15) is 0 Å². The number of rotatable bonds is 3. The van der Waals surface area contributed by atoms with Crippen molar-refractivity contribution >= 4 is 35.2 Å². The smallest absolute Gasteiger partial charge is 0.175 e. The molecule has 1 aromatic heterocycles. The third-order valence-electron chi connectivity index (χ3n) is 2.65. The van der Waals surface area contributed by atoms with Gasteiger partial charge in [0.2, 0.25) is 0 Å². The molecule has 0 atom stereocenters. The Morgan fingerprint density at radius 2 is 2.10 bits per heavy atom. The minimum Gasteiger partial charge on any atom is -0.492 e. The number of anilines is 1. The van der Waals surface area contributed by atoms with E-state index in [2.05, 4.69) is 4.98 Å². The molecule has 4 nitrogen and oxygen atoms in total. The second-order valence-electron chi connectivity index (χ2n) is 3.86. The number of ether oxygens (including phenoxy) is 1. The highest BCUT2D eigenvalue weighted by Gasteiger charge is 2.17. The Balaban J connectivity index is 2.69. The summed E-state index contributed by atoms with van der Waals surface area (Å²) in [7, 11) is 1.30. The standard InChI is InChI=1S/C13H9Cl2FN2O2/c1-20-13-7(14)3-2-6(12(13)16)9-4-8(17)11(15)10(5-19)18-9/h2-5H,1H3,(H2,17,18). The van der Waals surface area contributed by atoms with E-state index in [0.717, 1.165) is 0 Å². The first-order chi connectivity index (χ1) is 9.49. The van der Waals surface area contributed by atoms with Crippen LogP contribution >= 0.6 is 23.2 Å². The number of halogens is 3. The van der Waals surface area contributed by atoms with E-state index in [1.807, 2.05) is 0 Å². The van der Waals surface area contributed by atoms with Crippen LogP contribution in [0, 0.1) is 5.82 Å². The molecule has 7 heteroatoms. The molecule has 0 aliphatic heterocycles. The zero-order valence-electron chi connectivity index (χ0n) is 10.3. The van der Waals surface area contributed by atoms with E-state index in [1.165, 1.54) is 25.3 Å². The lowest BCUT2D eigenvalue weighted by atomic mass is 10.1. The fourth-order valence-electron chi connectivity index (χ4n) is 1.70. The van der Waals surface area contributed by atoms with Gasteiger partial charge in [-0.15, -0.1) is 0 Å². The number of methoxy groups -OCH3 is 1. The van der Waals surface area contributed by atoms with Crippen LogP contribution in [-0.2, 0) is 0 Å². The number of aromatic nitrogens is 1.